The van der Waals surface area contributed by atoms with Gasteiger partial charge < -0.3 is 51.3 Å². The van der Waals surface area contributed by atoms with Gasteiger partial charge in [0, 0.05) is 6.54 Å². The van der Waals surface area contributed by atoms with Crippen LogP contribution in [0.15, 0.2) is 0 Å². The molecule has 0 radical (unpaired) electrons. The van der Waals surface area contributed by atoms with Crippen molar-refractivity contribution in [1.29, 1.82) is 0 Å². The third-order valence-corrected chi connectivity index (χ3v) is 3.27. The first-order valence-electron chi connectivity index (χ1n) is 6.89. The molecular formula is C12H25NO10. The van der Waals surface area contributed by atoms with Crippen LogP contribution in [0.5, 0.6) is 0 Å². The van der Waals surface area contributed by atoms with E-state index in [0.717, 1.165) is 0 Å². The summed E-state index contributed by atoms with van der Waals surface area (Å²) < 4.78 is 0. The van der Waals surface area contributed by atoms with Gasteiger partial charge in [0.1, 0.15) is 30.5 Å². The average molecular weight is 343 g/mol. The van der Waals surface area contributed by atoms with Crippen molar-refractivity contribution in [1.82, 2.24) is 5.32 Å². The van der Waals surface area contributed by atoms with Gasteiger partial charge >= 0.3 is 0 Å². The first kappa shape index (κ1) is 22.3. The van der Waals surface area contributed by atoms with Crippen LogP contribution in [0.2, 0.25) is 0 Å². The van der Waals surface area contributed by atoms with Crippen molar-refractivity contribution < 1.29 is 50.8 Å². The van der Waals surface area contributed by atoms with E-state index in [1.165, 1.54) is 0 Å². The zero-order chi connectivity index (χ0) is 18.2. The lowest BCUT2D eigenvalue weighted by molar-refractivity contribution is -0.138. The standard InChI is InChI=1S/C12H25NO10/c14-2-5(9(20)11(22)7(18)3-15)13-1-6(17)10(21)12(23)8(19)4-16/h5-8,10-19,21-23H,1-4H2/t5-,6-,7+,8+,10+,11+,12+/m0/s1. The maximum Gasteiger partial charge on any atom is 0.183 e. The Balaban J connectivity index is 4.58. The number of carbonyl (C=O) groups excluding carboxylic acids is 1. The molecule has 23 heavy (non-hydrogen) atoms. The largest absolute Gasteiger partial charge is 0.394 e. The zero-order valence-corrected chi connectivity index (χ0v) is 12.3. The van der Waals surface area contributed by atoms with Gasteiger partial charge in [0.25, 0.3) is 0 Å². The van der Waals surface area contributed by atoms with Crippen LogP contribution in [0, 0.1) is 0 Å². The molecule has 0 amide bonds. The Morgan fingerprint density at radius 1 is 0.739 bits per heavy atom. The predicted molar refractivity (Wildman–Crippen MR) is 74.1 cm³/mol. The lowest BCUT2D eigenvalue weighted by Crippen LogP contribution is -2.54. The highest BCUT2D eigenvalue weighted by Gasteiger charge is 2.33. The third-order valence-electron chi connectivity index (χ3n) is 3.27. The van der Waals surface area contributed by atoms with Crippen molar-refractivity contribution >= 4 is 5.78 Å². The molecule has 0 aromatic heterocycles. The van der Waals surface area contributed by atoms with Gasteiger partial charge in [-0.1, -0.05) is 0 Å². The minimum Gasteiger partial charge on any atom is -0.394 e. The number of nitrogens with one attached hydrogen (secondary N) is 1. The minimum atomic E-state index is -1.96. The van der Waals surface area contributed by atoms with Crippen molar-refractivity contribution in [2.24, 2.45) is 0 Å². The first-order valence-corrected chi connectivity index (χ1v) is 6.89. The Labute approximate surface area is 132 Å². The van der Waals surface area contributed by atoms with E-state index in [-0.39, 0.29) is 0 Å². The first-order chi connectivity index (χ1) is 10.7. The summed E-state index contributed by atoms with van der Waals surface area (Å²) in [6.07, 6.45) is -10.8. The van der Waals surface area contributed by atoms with E-state index in [1.54, 1.807) is 0 Å². The van der Waals surface area contributed by atoms with Gasteiger partial charge in [0.2, 0.25) is 0 Å². The summed E-state index contributed by atoms with van der Waals surface area (Å²) >= 11 is 0. The Morgan fingerprint density at radius 3 is 1.65 bits per heavy atom. The molecule has 0 aromatic rings. The molecule has 0 fully saturated rings. The number of carbonyl (C=O) groups is 1. The third kappa shape index (κ3) is 6.73. The van der Waals surface area contributed by atoms with E-state index in [1.807, 2.05) is 0 Å². The van der Waals surface area contributed by atoms with Crippen molar-refractivity contribution in [3.8, 4) is 0 Å². The van der Waals surface area contributed by atoms with E-state index in [0.29, 0.717) is 0 Å². The summed E-state index contributed by atoms with van der Waals surface area (Å²) in [5.41, 5.74) is 0. The molecule has 0 saturated carbocycles. The summed E-state index contributed by atoms with van der Waals surface area (Å²) in [7, 11) is 0. The highest BCUT2D eigenvalue weighted by Crippen LogP contribution is 2.05. The summed E-state index contributed by atoms with van der Waals surface area (Å²) in [6.45, 7) is -3.05. The van der Waals surface area contributed by atoms with Gasteiger partial charge in [0.15, 0.2) is 5.78 Å². The number of hydrogen-bond donors (Lipinski definition) is 10. The predicted octanol–water partition coefficient (Wildman–Crippen LogP) is -6.34. The summed E-state index contributed by atoms with van der Waals surface area (Å²) in [5, 5.41) is 85.0. The molecule has 138 valence electrons. The van der Waals surface area contributed by atoms with Crippen molar-refractivity contribution in [3.63, 3.8) is 0 Å². The zero-order valence-electron chi connectivity index (χ0n) is 12.3. The normalized spacial score (nSPS) is 21.1. The van der Waals surface area contributed by atoms with Crippen LogP contribution in [0.4, 0.5) is 0 Å². The molecule has 0 spiro atoms. The second kappa shape index (κ2) is 10.9. The van der Waals surface area contributed by atoms with Gasteiger partial charge in [-0.3, -0.25) is 4.79 Å². The van der Waals surface area contributed by atoms with E-state index < -0.39 is 74.8 Å². The van der Waals surface area contributed by atoms with Crippen LogP contribution in [-0.2, 0) is 4.79 Å². The quantitative estimate of drug-likeness (QED) is 0.161. The number of ketones is 1. The fourth-order valence-corrected chi connectivity index (χ4v) is 1.70. The maximum atomic E-state index is 11.7. The Kier molecular flexibility index (Phi) is 10.6. The SMILES string of the molecule is O=C([C@H](CO)NC[C@H](O)[C@@H](O)[C@H](O)[C@H](O)CO)[C@H](O)[C@H](O)CO. The topological polar surface area (TPSA) is 211 Å². The highest BCUT2D eigenvalue weighted by atomic mass is 16.4. The monoisotopic (exact) mass is 343 g/mol. The lowest BCUT2D eigenvalue weighted by atomic mass is 10.0. The number of Topliss-reactive ketones (excluding diaryl/α,β-unsaturated/α-hetero) is 1. The van der Waals surface area contributed by atoms with E-state index >= 15 is 0 Å². The molecule has 0 aliphatic carbocycles. The minimum absolute atomic E-state index is 0.519. The molecule has 0 aliphatic rings. The number of hydrogen-bond acceptors (Lipinski definition) is 11. The number of rotatable bonds is 12. The van der Waals surface area contributed by atoms with E-state index in [2.05, 4.69) is 5.32 Å². The molecule has 0 bridgehead atoms. The molecule has 11 heteroatoms. The van der Waals surface area contributed by atoms with Gasteiger partial charge in [-0.25, -0.2) is 0 Å². The van der Waals surface area contributed by atoms with Crippen LogP contribution < -0.4 is 5.32 Å². The van der Waals surface area contributed by atoms with Gasteiger partial charge in [-0.05, 0) is 0 Å². The number of aliphatic hydroxyl groups excluding tert-OH is 9. The Bertz CT molecular complexity index is 344. The number of aliphatic hydroxyl groups is 9. The summed E-state index contributed by atoms with van der Waals surface area (Å²) in [4.78, 5) is 11.7. The van der Waals surface area contributed by atoms with Crippen molar-refractivity contribution in [2.75, 3.05) is 26.4 Å². The van der Waals surface area contributed by atoms with E-state index in [4.69, 9.17) is 25.5 Å². The lowest BCUT2D eigenvalue weighted by Gasteiger charge is -2.27. The molecule has 0 rings (SSSR count). The molecule has 0 aromatic carbocycles. The highest BCUT2D eigenvalue weighted by molar-refractivity contribution is 5.88. The molecular weight excluding hydrogens is 318 g/mol. The second-order valence-electron chi connectivity index (χ2n) is 5.04. The fourth-order valence-electron chi connectivity index (χ4n) is 1.70. The van der Waals surface area contributed by atoms with Gasteiger partial charge in [-0.15, -0.1) is 0 Å². The molecule has 11 nitrogen and oxygen atoms in total. The molecule has 7 atom stereocenters. The fraction of sp³-hybridized carbons (Fsp3) is 0.917. The van der Waals surface area contributed by atoms with Crippen LogP contribution in [0.3, 0.4) is 0 Å². The second-order valence-corrected chi connectivity index (χ2v) is 5.04. The molecule has 10 N–H and O–H groups in total. The van der Waals surface area contributed by atoms with Crippen LogP contribution in [0.1, 0.15) is 0 Å². The van der Waals surface area contributed by atoms with Crippen LogP contribution >= 0.6 is 0 Å². The summed E-state index contributed by atoms with van der Waals surface area (Å²) in [5.74, 6) is -1.05. The average Bonchev–Trinajstić information content (AvgIpc) is 2.57. The Morgan fingerprint density at radius 2 is 1.22 bits per heavy atom. The maximum absolute atomic E-state index is 11.7. The van der Waals surface area contributed by atoms with E-state index in [9.17, 15) is 25.2 Å². The van der Waals surface area contributed by atoms with Crippen molar-refractivity contribution in [3.05, 3.63) is 0 Å². The van der Waals surface area contributed by atoms with Gasteiger partial charge in [0.05, 0.1) is 32.0 Å². The van der Waals surface area contributed by atoms with Crippen LogP contribution in [-0.4, -0.2) is 121 Å². The van der Waals surface area contributed by atoms with Crippen LogP contribution in [0.25, 0.3) is 0 Å². The van der Waals surface area contributed by atoms with Gasteiger partial charge in [-0.2, -0.15) is 0 Å². The summed E-state index contributed by atoms with van der Waals surface area (Å²) in [6, 6.07) is -1.41. The Hall–Kier alpha value is -0.730. The van der Waals surface area contributed by atoms with Crippen molar-refractivity contribution in [2.45, 2.75) is 42.7 Å². The molecule has 0 saturated heterocycles. The molecule has 0 unspecified atom stereocenters. The molecule has 0 aliphatic heterocycles. The smallest absolute Gasteiger partial charge is 0.183 e. The molecule has 0 heterocycles.